The average molecular weight is 233 g/mol. The molecule has 0 aliphatic heterocycles. The molecule has 0 fully saturated rings. The number of rotatable bonds is 3. The minimum atomic E-state index is -5.17. The van der Waals surface area contributed by atoms with E-state index in [0.29, 0.717) is 0 Å². The van der Waals surface area contributed by atoms with E-state index >= 15 is 0 Å². The van der Waals surface area contributed by atoms with Crippen LogP contribution >= 0.6 is 0 Å². The van der Waals surface area contributed by atoms with Gasteiger partial charge in [0.25, 0.3) is 12.3 Å². The molecule has 1 aromatic heterocycles. The van der Waals surface area contributed by atoms with E-state index in [-0.39, 0.29) is 4.68 Å². The first-order valence-corrected chi connectivity index (χ1v) is 3.47. The molecular formula is C6H3F6N2O. The number of alkyl halides is 5. The van der Waals surface area contributed by atoms with E-state index in [1.807, 2.05) is 0 Å². The van der Waals surface area contributed by atoms with Gasteiger partial charge in [-0.25, -0.2) is 13.5 Å². The monoisotopic (exact) mass is 233 g/mol. The maximum absolute atomic E-state index is 12.6. The van der Waals surface area contributed by atoms with Gasteiger partial charge in [0.15, 0.2) is 6.20 Å². The Morgan fingerprint density at radius 1 is 1.40 bits per heavy atom. The lowest BCUT2D eigenvalue weighted by molar-refractivity contribution is -0.278. The van der Waals surface area contributed by atoms with Crippen LogP contribution < -0.4 is 4.74 Å². The van der Waals surface area contributed by atoms with Crippen molar-refractivity contribution in [2.24, 2.45) is 0 Å². The summed E-state index contributed by atoms with van der Waals surface area (Å²) in [7, 11) is 0. The minimum absolute atomic E-state index is 0.0491. The number of nitrogens with zero attached hydrogens (tertiary/aromatic N) is 2. The van der Waals surface area contributed by atoms with Crippen LogP contribution in [0.1, 0.15) is 0 Å². The molecule has 0 saturated heterocycles. The number of halogens is 6. The predicted molar refractivity (Wildman–Crippen MR) is 33.7 cm³/mol. The van der Waals surface area contributed by atoms with E-state index in [1.165, 1.54) is 6.20 Å². The Hall–Kier alpha value is -1.41. The highest BCUT2D eigenvalue weighted by molar-refractivity contribution is 5.10. The molecule has 1 aromatic rings. The first-order valence-electron chi connectivity index (χ1n) is 3.47. The fourth-order valence-corrected chi connectivity index (χ4v) is 0.772. The zero-order chi connectivity index (χ0) is 11.6. The van der Waals surface area contributed by atoms with Gasteiger partial charge in [-0.3, -0.25) is 0 Å². The van der Waals surface area contributed by atoms with Crippen LogP contribution in [0, 0.1) is 12.0 Å². The largest absolute Gasteiger partial charge is 0.574 e. The third-order valence-corrected chi connectivity index (χ3v) is 1.21. The molecule has 0 unspecified atom stereocenters. The topological polar surface area (TPSA) is 27.1 Å². The Kier molecular flexibility index (Phi) is 3.10. The van der Waals surface area contributed by atoms with E-state index in [9.17, 15) is 26.3 Å². The molecular weight excluding hydrogens is 230 g/mol. The highest BCUT2D eigenvalue weighted by atomic mass is 19.4. The molecule has 0 bridgehead atoms. The summed E-state index contributed by atoms with van der Waals surface area (Å²) in [6.07, 6.45) is -6.70. The van der Waals surface area contributed by atoms with Crippen LogP contribution in [-0.2, 0) is 6.54 Å². The normalized spacial score (nSPS) is 12.2. The first kappa shape index (κ1) is 11.7. The molecule has 0 aromatic carbocycles. The van der Waals surface area contributed by atoms with Crippen LogP contribution in [0.15, 0.2) is 0 Å². The van der Waals surface area contributed by atoms with E-state index in [0.717, 1.165) is 0 Å². The summed E-state index contributed by atoms with van der Waals surface area (Å²) in [6.45, 7) is -1.20. The molecule has 0 aliphatic carbocycles. The zero-order valence-corrected chi connectivity index (χ0v) is 6.85. The van der Waals surface area contributed by atoms with Crippen molar-refractivity contribution < 1.29 is 31.1 Å². The second kappa shape index (κ2) is 3.99. The van der Waals surface area contributed by atoms with Crippen LogP contribution in [0.3, 0.4) is 0 Å². The van der Waals surface area contributed by atoms with E-state index in [4.69, 9.17) is 0 Å². The highest BCUT2D eigenvalue weighted by Gasteiger charge is 2.35. The molecule has 1 radical (unpaired) electrons. The standard InChI is InChI=1S/C6H3F6N2O/c7-3-1-13-14(2-4(8)9)5(3)15-6(10,11)12/h4H,2H2. The fraction of sp³-hybridized carbons (Fsp3) is 0.500. The molecule has 1 heterocycles. The van der Waals surface area contributed by atoms with Gasteiger partial charge in [-0.15, -0.1) is 13.2 Å². The lowest BCUT2D eigenvalue weighted by Gasteiger charge is -2.10. The number of hydrogen-bond acceptors (Lipinski definition) is 2. The van der Waals surface area contributed by atoms with Crippen molar-refractivity contribution >= 4 is 0 Å². The summed E-state index contributed by atoms with van der Waals surface area (Å²) in [4.78, 5) is 0. The van der Waals surface area contributed by atoms with Gasteiger partial charge in [-0.1, -0.05) is 0 Å². The van der Waals surface area contributed by atoms with Gasteiger partial charge < -0.3 is 4.74 Å². The number of aromatic nitrogens is 2. The molecule has 0 N–H and O–H groups in total. The lowest BCUT2D eigenvalue weighted by Crippen LogP contribution is -2.21. The molecule has 0 atom stereocenters. The van der Waals surface area contributed by atoms with Crippen molar-refractivity contribution in [3.05, 3.63) is 12.0 Å². The van der Waals surface area contributed by atoms with Crippen molar-refractivity contribution in [3.63, 3.8) is 0 Å². The predicted octanol–water partition coefficient (Wildman–Crippen LogP) is 1.99. The molecule has 1 rings (SSSR count). The van der Waals surface area contributed by atoms with Gasteiger partial charge in [0.05, 0.1) is 0 Å². The molecule has 0 amide bonds. The van der Waals surface area contributed by atoms with Gasteiger partial charge >= 0.3 is 6.36 Å². The second-order valence-corrected chi connectivity index (χ2v) is 2.35. The Morgan fingerprint density at radius 2 is 2.00 bits per heavy atom. The Labute approximate surface area is 79.2 Å². The summed E-state index contributed by atoms with van der Waals surface area (Å²) in [5.41, 5.74) is 0. The number of ether oxygens (including phenoxy) is 1. The quantitative estimate of drug-likeness (QED) is 0.746. The Balaban J connectivity index is 2.89. The van der Waals surface area contributed by atoms with E-state index < -0.39 is 31.0 Å². The maximum atomic E-state index is 12.6. The van der Waals surface area contributed by atoms with E-state index in [1.54, 1.807) is 0 Å². The zero-order valence-electron chi connectivity index (χ0n) is 6.85. The summed E-state index contributed by atoms with van der Waals surface area (Å²) >= 11 is 0. The molecule has 9 heteroatoms. The summed E-state index contributed by atoms with van der Waals surface area (Å²) in [6, 6.07) is 0. The molecule has 15 heavy (non-hydrogen) atoms. The average Bonchev–Trinajstić information content (AvgIpc) is 2.32. The Morgan fingerprint density at radius 3 is 2.47 bits per heavy atom. The molecule has 0 aliphatic rings. The van der Waals surface area contributed by atoms with Crippen LogP contribution in [0.5, 0.6) is 5.88 Å². The van der Waals surface area contributed by atoms with Gasteiger partial charge in [0.1, 0.15) is 6.54 Å². The van der Waals surface area contributed by atoms with Gasteiger partial charge in [-0.2, -0.15) is 9.49 Å². The smallest absolute Gasteiger partial charge is 0.385 e. The Bertz CT molecular complexity index is 333. The highest BCUT2D eigenvalue weighted by Crippen LogP contribution is 2.25. The van der Waals surface area contributed by atoms with Crippen molar-refractivity contribution in [3.8, 4) is 5.88 Å². The summed E-state index contributed by atoms with van der Waals surface area (Å²) in [5, 5.41) is 2.85. The summed E-state index contributed by atoms with van der Waals surface area (Å²) in [5.74, 6) is -3.00. The first-order chi connectivity index (χ1) is 6.79. The van der Waals surface area contributed by atoms with Crippen molar-refractivity contribution in [1.82, 2.24) is 9.78 Å². The lowest BCUT2D eigenvalue weighted by atomic mass is 10.6. The van der Waals surface area contributed by atoms with Crippen molar-refractivity contribution in [1.29, 1.82) is 0 Å². The third-order valence-electron chi connectivity index (χ3n) is 1.21. The van der Waals surface area contributed by atoms with Gasteiger partial charge in [0.2, 0.25) is 5.82 Å². The maximum Gasteiger partial charge on any atom is 0.574 e. The fourth-order valence-electron chi connectivity index (χ4n) is 0.772. The van der Waals surface area contributed by atoms with Crippen LogP contribution in [0.2, 0.25) is 0 Å². The molecule has 3 nitrogen and oxygen atoms in total. The number of hydrogen-bond donors (Lipinski definition) is 0. The van der Waals surface area contributed by atoms with Crippen LogP contribution in [-0.4, -0.2) is 22.6 Å². The van der Waals surface area contributed by atoms with Gasteiger partial charge in [-0.05, 0) is 0 Å². The van der Waals surface area contributed by atoms with Crippen LogP contribution in [0.25, 0.3) is 0 Å². The minimum Gasteiger partial charge on any atom is -0.385 e. The third kappa shape index (κ3) is 3.33. The molecule has 0 spiro atoms. The molecule has 0 saturated carbocycles. The van der Waals surface area contributed by atoms with Crippen molar-refractivity contribution in [2.75, 3.05) is 0 Å². The SMILES string of the molecule is Fc1[c]nn(CC(F)F)c1OC(F)(F)F. The van der Waals surface area contributed by atoms with Gasteiger partial charge in [0, 0.05) is 0 Å². The van der Waals surface area contributed by atoms with Crippen molar-refractivity contribution in [2.45, 2.75) is 19.3 Å². The van der Waals surface area contributed by atoms with Crippen LogP contribution in [0.4, 0.5) is 26.3 Å². The molecule has 85 valence electrons. The van der Waals surface area contributed by atoms with E-state index in [2.05, 4.69) is 9.84 Å². The second-order valence-electron chi connectivity index (χ2n) is 2.35. The summed E-state index contributed by atoms with van der Waals surface area (Å²) < 4.78 is 74.5.